The molecule has 1 aliphatic heterocycles. The van der Waals surface area contributed by atoms with Crippen molar-refractivity contribution in [1.29, 1.82) is 0 Å². The molecular weight excluding hydrogens is 380 g/mol. The summed E-state index contributed by atoms with van der Waals surface area (Å²) in [5, 5.41) is 5.34. The molecule has 0 unspecified atom stereocenters. The van der Waals surface area contributed by atoms with Crippen LogP contribution < -0.4 is 15.0 Å². The third kappa shape index (κ3) is 5.21. The molecule has 2 heterocycles. The average molecular weight is 413 g/mol. The van der Waals surface area contributed by atoms with Gasteiger partial charge < -0.3 is 24.6 Å². The van der Waals surface area contributed by atoms with Gasteiger partial charge in [0.1, 0.15) is 11.9 Å². The molecular formula is C23H32N4O3. The Labute approximate surface area is 178 Å². The molecule has 1 amide bonds. The number of anilines is 1. The van der Waals surface area contributed by atoms with Crippen LogP contribution in [0.25, 0.3) is 10.8 Å². The quantitative estimate of drug-likeness (QED) is 0.786. The van der Waals surface area contributed by atoms with Crippen LogP contribution in [0.5, 0.6) is 5.88 Å². The van der Waals surface area contributed by atoms with Gasteiger partial charge in [-0.2, -0.15) is 4.98 Å². The van der Waals surface area contributed by atoms with Gasteiger partial charge in [0.25, 0.3) is 0 Å². The summed E-state index contributed by atoms with van der Waals surface area (Å²) in [6.07, 6.45) is 3.84. The molecule has 0 atom stereocenters. The number of morpholine rings is 1. The van der Waals surface area contributed by atoms with E-state index in [9.17, 15) is 4.79 Å². The Kier molecular flexibility index (Phi) is 6.69. The number of nitrogens with one attached hydrogen (secondary N) is 1. The number of pyridine rings is 1. The van der Waals surface area contributed by atoms with Crippen LogP contribution in [0.2, 0.25) is 0 Å². The summed E-state index contributed by atoms with van der Waals surface area (Å²) < 4.78 is 11.9. The molecule has 4 rings (SSSR count). The Balaban J connectivity index is 1.43. The molecule has 162 valence electrons. The van der Waals surface area contributed by atoms with Gasteiger partial charge in [0.05, 0.1) is 19.8 Å². The summed E-state index contributed by atoms with van der Waals surface area (Å²) in [5.41, 5.74) is 0. The van der Waals surface area contributed by atoms with E-state index in [1.807, 2.05) is 25.1 Å². The number of fused-ring (bicyclic) bond motifs is 1. The fourth-order valence-corrected chi connectivity index (χ4v) is 4.24. The van der Waals surface area contributed by atoms with Gasteiger partial charge in [0.2, 0.25) is 11.8 Å². The van der Waals surface area contributed by atoms with Gasteiger partial charge in [-0.3, -0.25) is 4.79 Å². The van der Waals surface area contributed by atoms with Crippen molar-refractivity contribution in [2.45, 2.75) is 37.8 Å². The lowest BCUT2D eigenvalue weighted by molar-refractivity contribution is -0.122. The van der Waals surface area contributed by atoms with Crippen LogP contribution in [-0.2, 0) is 9.53 Å². The Morgan fingerprint density at radius 1 is 1.20 bits per heavy atom. The lowest BCUT2D eigenvalue weighted by atomic mass is 9.93. The SMILES string of the molecule is CN(C)CC(=O)N[C@H]1CC[C@@H](Oc2nc(N3CCOCC3)cc3ccccc23)CC1. The number of amides is 1. The van der Waals surface area contributed by atoms with Crippen LogP contribution in [0, 0.1) is 0 Å². The summed E-state index contributed by atoms with van der Waals surface area (Å²) >= 11 is 0. The Morgan fingerprint density at radius 2 is 1.93 bits per heavy atom. The van der Waals surface area contributed by atoms with Gasteiger partial charge in [-0.25, -0.2) is 0 Å². The number of likely N-dealkylation sites (N-methyl/N-ethyl adjacent to an activating group) is 1. The molecule has 0 radical (unpaired) electrons. The molecule has 7 heteroatoms. The van der Waals surface area contributed by atoms with Gasteiger partial charge in [-0.15, -0.1) is 0 Å². The molecule has 2 aliphatic rings. The number of aromatic nitrogens is 1. The minimum Gasteiger partial charge on any atom is -0.474 e. The second-order valence-corrected chi connectivity index (χ2v) is 8.50. The van der Waals surface area contributed by atoms with E-state index in [4.69, 9.17) is 14.5 Å². The number of carbonyl (C=O) groups excluding carboxylic acids is 1. The average Bonchev–Trinajstić information content (AvgIpc) is 2.75. The summed E-state index contributed by atoms with van der Waals surface area (Å²) in [7, 11) is 3.82. The number of ether oxygens (including phenoxy) is 2. The predicted molar refractivity (Wildman–Crippen MR) is 118 cm³/mol. The second kappa shape index (κ2) is 9.62. The summed E-state index contributed by atoms with van der Waals surface area (Å²) in [6, 6.07) is 10.7. The Bertz CT molecular complexity index is 859. The van der Waals surface area contributed by atoms with Gasteiger partial charge >= 0.3 is 0 Å². The van der Waals surface area contributed by atoms with Gasteiger partial charge in [-0.05, 0) is 57.3 Å². The van der Waals surface area contributed by atoms with E-state index in [1.54, 1.807) is 0 Å². The van der Waals surface area contributed by atoms with E-state index in [0.29, 0.717) is 6.54 Å². The van der Waals surface area contributed by atoms with Crippen molar-refractivity contribution in [2.75, 3.05) is 51.8 Å². The highest BCUT2D eigenvalue weighted by atomic mass is 16.5. The summed E-state index contributed by atoms with van der Waals surface area (Å²) in [6.45, 7) is 3.59. The molecule has 0 spiro atoms. The van der Waals surface area contributed by atoms with Crippen molar-refractivity contribution in [3.63, 3.8) is 0 Å². The van der Waals surface area contributed by atoms with Crippen molar-refractivity contribution < 1.29 is 14.3 Å². The number of benzene rings is 1. The van der Waals surface area contributed by atoms with E-state index in [-0.39, 0.29) is 18.1 Å². The molecule has 2 aromatic rings. The first-order valence-electron chi connectivity index (χ1n) is 10.9. The maximum Gasteiger partial charge on any atom is 0.234 e. The normalized spacial score (nSPS) is 22.3. The predicted octanol–water partition coefficient (Wildman–Crippen LogP) is 2.44. The van der Waals surface area contributed by atoms with E-state index >= 15 is 0 Å². The van der Waals surface area contributed by atoms with Crippen LogP contribution in [0.3, 0.4) is 0 Å². The second-order valence-electron chi connectivity index (χ2n) is 8.50. The number of nitrogens with zero attached hydrogens (tertiary/aromatic N) is 3. The van der Waals surface area contributed by atoms with Gasteiger partial charge in [0.15, 0.2) is 0 Å². The molecule has 30 heavy (non-hydrogen) atoms. The lowest BCUT2D eigenvalue weighted by Gasteiger charge is -2.31. The molecule has 1 N–H and O–H groups in total. The molecule has 1 aliphatic carbocycles. The Hall–Kier alpha value is -2.38. The van der Waals surface area contributed by atoms with Crippen LogP contribution in [0.15, 0.2) is 30.3 Å². The van der Waals surface area contributed by atoms with Crippen LogP contribution in [-0.4, -0.2) is 74.9 Å². The first kappa shape index (κ1) is 20.9. The fraction of sp³-hybridized carbons (Fsp3) is 0.565. The third-order valence-electron chi connectivity index (χ3n) is 5.80. The summed E-state index contributed by atoms with van der Waals surface area (Å²) in [4.78, 5) is 21.1. The molecule has 0 bridgehead atoms. The first-order chi connectivity index (χ1) is 14.6. The van der Waals surface area contributed by atoms with E-state index in [0.717, 1.165) is 74.5 Å². The zero-order valence-corrected chi connectivity index (χ0v) is 18.0. The fourth-order valence-electron chi connectivity index (χ4n) is 4.24. The maximum absolute atomic E-state index is 12.0. The number of rotatable bonds is 6. The largest absolute Gasteiger partial charge is 0.474 e. The van der Waals surface area contributed by atoms with Crippen LogP contribution >= 0.6 is 0 Å². The maximum atomic E-state index is 12.0. The molecule has 1 saturated heterocycles. The van der Waals surface area contributed by atoms with Crippen LogP contribution in [0.1, 0.15) is 25.7 Å². The highest BCUT2D eigenvalue weighted by Crippen LogP contribution is 2.31. The topological polar surface area (TPSA) is 66.9 Å². The lowest BCUT2D eigenvalue weighted by Crippen LogP contribution is -2.43. The number of carbonyl (C=O) groups is 1. The van der Waals surface area contributed by atoms with Gasteiger partial charge in [0, 0.05) is 24.5 Å². The zero-order chi connectivity index (χ0) is 20.9. The number of hydrogen-bond acceptors (Lipinski definition) is 6. The van der Waals surface area contributed by atoms with Crippen molar-refractivity contribution in [2.24, 2.45) is 0 Å². The molecule has 1 saturated carbocycles. The van der Waals surface area contributed by atoms with E-state index < -0.39 is 0 Å². The highest BCUT2D eigenvalue weighted by Gasteiger charge is 2.25. The van der Waals surface area contributed by atoms with E-state index in [1.165, 1.54) is 0 Å². The zero-order valence-electron chi connectivity index (χ0n) is 18.0. The molecule has 1 aromatic heterocycles. The number of hydrogen-bond donors (Lipinski definition) is 1. The van der Waals surface area contributed by atoms with Crippen LogP contribution in [0.4, 0.5) is 5.82 Å². The summed E-state index contributed by atoms with van der Waals surface area (Å²) in [5.74, 6) is 1.77. The standard InChI is InChI=1S/C23H32N4O3/c1-26(2)16-22(28)24-18-7-9-19(10-8-18)30-23-20-6-4-3-5-17(20)15-21(25-23)27-11-13-29-14-12-27/h3-6,15,18-19H,7-14,16H2,1-2H3,(H,24,28)/t18-,19+. The third-order valence-corrected chi connectivity index (χ3v) is 5.80. The smallest absolute Gasteiger partial charge is 0.234 e. The molecule has 1 aromatic carbocycles. The van der Waals surface area contributed by atoms with Crippen molar-refractivity contribution in [1.82, 2.24) is 15.2 Å². The minimum absolute atomic E-state index is 0.0928. The van der Waals surface area contributed by atoms with Crippen molar-refractivity contribution >= 4 is 22.5 Å². The minimum atomic E-state index is 0.0928. The molecule has 2 fully saturated rings. The van der Waals surface area contributed by atoms with Gasteiger partial charge in [-0.1, -0.05) is 18.2 Å². The monoisotopic (exact) mass is 412 g/mol. The Morgan fingerprint density at radius 3 is 2.67 bits per heavy atom. The van der Waals surface area contributed by atoms with Crippen molar-refractivity contribution in [3.05, 3.63) is 30.3 Å². The molecule has 7 nitrogen and oxygen atoms in total. The first-order valence-corrected chi connectivity index (χ1v) is 10.9. The van der Waals surface area contributed by atoms with E-state index in [2.05, 4.69) is 34.5 Å². The van der Waals surface area contributed by atoms with Crippen molar-refractivity contribution in [3.8, 4) is 5.88 Å². The highest BCUT2D eigenvalue weighted by molar-refractivity contribution is 5.89.